The summed E-state index contributed by atoms with van der Waals surface area (Å²) in [6.45, 7) is 0. The monoisotopic (exact) mass is 543 g/mol. The number of carbonyl (C=O) groups excluding carboxylic acids is 2. The summed E-state index contributed by atoms with van der Waals surface area (Å²) in [4.78, 5) is 30.3. The van der Waals surface area contributed by atoms with Gasteiger partial charge in [0.15, 0.2) is 5.13 Å². The maximum absolute atomic E-state index is 12.5. The molecule has 0 saturated heterocycles. The number of rotatable bonds is 8. The van der Waals surface area contributed by atoms with Crippen molar-refractivity contribution >= 4 is 68.1 Å². The highest BCUT2D eigenvalue weighted by molar-refractivity contribution is 8.00. The molecule has 5 rings (SSSR count). The molecule has 0 fully saturated rings. The lowest BCUT2D eigenvalue weighted by Crippen LogP contribution is -2.14. The molecule has 37 heavy (non-hydrogen) atoms. The molecule has 0 radical (unpaired) electrons. The third-order valence-corrected chi connectivity index (χ3v) is 7.60. The number of carbonyl (C=O) groups is 2. The summed E-state index contributed by atoms with van der Waals surface area (Å²) in [5.41, 5.74) is 3.46. The van der Waals surface area contributed by atoms with Crippen LogP contribution in [0.1, 0.15) is 5.56 Å². The van der Waals surface area contributed by atoms with E-state index in [4.69, 9.17) is 11.6 Å². The van der Waals surface area contributed by atoms with Crippen molar-refractivity contribution in [3.63, 3.8) is 0 Å². The van der Waals surface area contributed by atoms with Gasteiger partial charge in [0.1, 0.15) is 0 Å². The second-order valence-corrected chi connectivity index (χ2v) is 10.7. The van der Waals surface area contributed by atoms with Crippen molar-refractivity contribution in [1.82, 2.24) is 4.98 Å². The third kappa shape index (κ3) is 6.77. The zero-order valence-electron chi connectivity index (χ0n) is 19.6. The Morgan fingerprint density at radius 3 is 2.38 bits per heavy atom. The van der Waals surface area contributed by atoms with Crippen LogP contribution in [0.2, 0.25) is 5.02 Å². The van der Waals surface area contributed by atoms with Crippen molar-refractivity contribution in [1.29, 1.82) is 0 Å². The van der Waals surface area contributed by atoms with E-state index in [2.05, 4.69) is 39.9 Å². The van der Waals surface area contributed by atoms with Gasteiger partial charge in [-0.1, -0.05) is 60.1 Å². The molecule has 0 spiro atoms. The normalized spacial score (nSPS) is 10.8. The minimum Gasteiger partial charge on any atom is -0.326 e. The molecule has 0 atom stereocenters. The fourth-order valence-electron chi connectivity index (χ4n) is 3.74. The highest BCUT2D eigenvalue weighted by atomic mass is 35.5. The van der Waals surface area contributed by atoms with E-state index in [1.807, 2.05) is 60.0 Å². The van der Waals surface area contributed by atoms with Crippen molar-refractivity contribution < 1.29 is 9.59 Å². The summed E-state index contributed by atoms with van der Waals surface area (Å²) in [6.07, 6.45) is 0.271. The van der Waals surface area contributed by atoms with Crippen LogP contribution in [-0.2, 0) is 16.0 Å². The second kappa shape index (κ2) is 11.6. The Balaban J connectivity index is 1.10. The first-order chi connectivity index (χ1) is 18.0. The summed E-state index contributed by atoms with van der Waals surface area (Å²) in [5, 5.41) is 11.3. The number of fused-ring (bicyclic) bond motifs is 1. The van der Waals surface area contributed by atoms with Crippen LogP contribution in [0, 0.1) is 0 Å². The number of nitrogens with zero attached hydrogens (tertiary/aromatic N) is 1. The van der Waals surface area contributed by atoms with Crippen LogP contribution in [-0.4, -0.2) is 22.6 Å². The lowest BCUT2D eigenvalue weighted by molar-refractivity contribution is -0.115. The Kier molecular flexibility index (Phi) is 7.84. The minimum atomic E-state index is -0.121. The average molecular weight is 544 g/mol. The van der Waals surface area contributed by atoms with E-state index < -0.39 is 0 Å². The van der Waals surface area contributed by atoms with Gasteiger partial charge in [-0.2, -0.15) is 0 Å². The van der Waals surface area contributed by atoms with Crippen LogP contribution in [0.5, 0.6) is 0 Å². The molecule has 0 aliphatic rings. The van der Waals surface area contributed by atoms with E-state index in [0.717, 1.165) is 27.1 Å². The summed E-state index contributed by atoms with van der Waals surface area (Å²) in [7, 11) is 0. The molecule has 8 heteroatoms. The lowest BCUT2D eigenvalue weighted by atomic mass is 10.1. The first-order valence-electron chi connectivity index (χ1n) is 11.5. The van der Waals surface area contributed by atoms with Crippen LogP contribution in [0.3, 0.4) is 0 Å². The predicted molar refractivity (Wildman–Crippen MR) is 155 cm³/mol. The summed E-state index contributed by atoms with van der Waals surface area (Å²) in [6, 6.07) is 29.1. The fraction of sp³-hybridized carbons (Fsp3) is 0.0690. The molecule has 5 nitrogen and oxygen atoms in total. The largest absolute Gasteiger partial charge is 0.326 e. The van der Waals surface area contributed by atoms with Crippen LogP contribution in [0.25, 0.3) is 22.0 Å². The van der Waals surface area contributed by atoms with Gasteiger partial charge in [-0.15, -0.1) is 23.1 Å². The topological polar surface area (TPSA) is 71.1 Å². The Morgan fingerprint density at radius 2 is 1.59 bits per heavy atom. The van der Waals surface area contributed by atoms with E-state index in [1.165, 1.54) is 28.5 Å². The molecule has 0 aliphatic heterocycles. The van der Waals surface area contributed by atoms with Gasteiger partial charge in [0, 0.05) is 26.5 Å². The van der Waals surface area contributed by atoms with Gasteiger partial charge in [-0.25, -0.2) is 4.98 Å². The lowest BCUT2D eigenvalue weighted by Gasteiger charge is -2.07. The van der Waals surface area contributed by atoms with Gasteiger partial charge in [-0.3, -0.25) is 9.59 Å². The SMILES string of the molecule is O=C(Cc1ccc(Cl)cc1)Nc1ccc(SCC(=O)Nc2nc(-c3ccc4ccccc4c3)cs2)cc1. The molecular weight excluding hydrogens is 522 g/mol. The fourth-order valence-corrected chi connectivity index (χ4v) is 5.30. The first-order valence-corrected chi connectivity index (χ1v) is 13.8. The highest BCUT2D eigenvalue weighted by Gasteiger charge is 2.10. The number of aromatic nitrogens is 1. The number of benzene rings is 4. The van der Waals surface area contributed by atoms with E-state index in [-0.39, 0.29) is 24.0 Å². The molecule has 4 aromatic carbocycles. The summed E-state index contributed by atoms with van der Waals surface area (Å²) >= 11 is 8.72. The quantitative estimate of drug-likeness (QED) is 0.198. The van der Waals surface area contributed by atoms with Crippen molar-refractivity contribution in [2.45, 2.75) is 11.3 Å². The van der Waals surface area contributed by atoms with Gasteiger partial charge in [-0.05, 0) is 58.8 Å². The van der Waals surface area contributed by atoms with Crippen LogP contribution >= 0.6 is 34.7 Å². The Bertz CT molecular complexity index is 1550. The molecule has 5 aromatic rings. The highest BCUT2D eigenvalue weighted by Crippen LogP contribution is 2.28. The summed E-state index contributed by atoms with van der Waals surface area (Å²) in [5.74, 6) is 0.0334. The molecule has 2 amide bonds. The third-order valence-electron chi connectivity index (χ3n) is 5.58. The molecule has 0 bridgehead atoms. The Morgan fingerprint density at radius 1 is 0.838 bits per heavy atom. The van der Waals surface area contributed by atoms with Crippen LogP contribution in [0.4, 0.5) is 10.8 Å². The smallest absolute Gasteiger partial charge is 0.236 e. The van der Waals surface area contributed by atoms with E-state index in [0.29, 0.717) is 15.8 Å². The number of thioether (sulfide) groups is 1. The van der Waals surface area contributed by atoms with Crippen LogP contribution < -0.4 is 10.6 Å². The molecule has 184 valence electrons. The molecule has 2 N–H and O–H groups in total. The van der Waals surface area contributed by atoms with E-state index in [1.54, 1.807) is 12.1 Å². The van der Waals surface area contributed by atoms with Crippen molar-refractivity contribution in [3.05, 3.63) is 107 Å². The van der Waals surface area contributed by atoms with Gasteiger partial charge in [0.25, 0.3) is 0 Å². The second-order valence-electron chi connectivity index (χ2n) is 8.31. The number of hydrogen-bond acceptors (Lipinski definition) is 5. The van der Waals surface area contributed by atoms with Crippen LogP contribution in [0.15, 0.2) is 101 Å². The van der Waals surface area contributed by atoms with Gasteiger partial charge in [0.2, 0.25) is 11.8 Å². The number of amides is 2. The van der Waals surface area contributed by atoms with Gasteiger partial charge >= 0.3 is 0 Å². The number of thiazole rings is 1. The molecular formula is C29H22ClN3O2S2. The number of nitrogens with one attached hydrogen (secondary N) is 2. The molecule has 1 heterocycles. The molecule has 0 unspecified atom stereocenters. The number of hydrogen-bond donors (Lipinski definition) is 2. The average Bonchev–Trinajstić information content (AvgIpc) is 3.37. The van der Waals surface area contributed by atoms with Gasteiger partial charge in [0.05, 0.1) is 17.9 Å². The van der Waals surface area contributed by atoms with Crippen molar-refractivity contribution in [3.8, 4) is 11.3 Å². The number of halogens is 1. The predicted octanol–water partition coefficient (Wildman–Crippen LogP) is 7.53. The Labute approximate surface area is 227 Å². The molecule has 0 saturated carbocycles. The van der Waals surface area contributed by atoms with Gasteiger partial charge < -0.3 is 10.6 Å². The molecule has 0 aliphatic carbocycles. The molecule has 1 aromatic heterocycles. The maximum atomic E-state index is 12.5. The zero-order valence-corrected chi connectivity index (χ0v) is 22.0. The summed E-state index contributed by atoms with van der Waals surface area (Å²) < 4.78 is 0. The van der Waals surface area contributed by atoms with E-state index in [9.17, 15) is 9.59 Å². The standard InChI is InChI=1S/C29H22ClN3O2S2/c30-23-9-5-19(6-10-23)15-27(34)31-24-11-13-25(14-12-24)36-18-28(35)33-29-32-26(17-37-29)22-8-7-20-3-1-2-4-21(20)16-22/h1-14,16-17H,15,18H2,(H,31,34)(H,32,33,35). The van der Waals surface area contributed by atoms with Crippen molar-refractivity contribution in [2.24, 2.45) is 0 Å². The van der Waals surface area contributed by atoms with Crippen molar-refractivity contribution in [2.75, 3.05) is 16.4 Å². The first kappa shape index (κ1) is 25.0. The maximum Gasteiger partial charge on any atom is 0.236 e. The Hall–Kier alpha value is -3.65. The zero-order chi connectivity index (χ0) is 25.6. The minimum absolute atomic E-state index is 0.103. The van der Waals surface area contributed by atoms with E-state index >= 15 is 0 Å². The number of anilines is 2.